The Morgan fingerprint density at radius 1 is 1.00 bits per heavy atom. The van der Waals surface area contributed by atoms with Crippen LogP contribution in [0.15, 0.2) is 53.4 Å². The third kappa shape index (κ3) is 4.22. The number of ether oxygens (including phenoxy) is 1. The molecule has 9 heteroatoms. The van der Waals surface area contributed by atoms with E-state index in [4.69, 9.17) is 4.74 Å². The highest BCUT2D eigenvalue weighted by atomic mass is 32.2. The van der Waals surface area contributed by atoms with Gasteiger partial charge in [-0.05, 0) is 44.4 Å². The van der Waals surface area contributed by atoms with Crippen molar-refractivity contribution in [3.63, 3.8) is 0 Å². The van der Waals surface area contributed by atoms with Crippen molar-refractivity contribution in [2.45, 2.75) is 44.2 Å². The van der Waals surface area contributed by atoms with Crippen LogP contribution in [0.5, 0.6) is 5.75 Å². The van der Waals surface area contributed by atoms with Gasteiger partial charge in [-0.1, -0.05) is 30.3 Å². The Kier molecular flexibility index (Phi) is 6.21. The second-order valence-corrected chi connectivity index (χ2v) is 10.2. The first-order valence-corrected chi connectivity index (χ1v) is 12.2. The number of sulfonamides is 1. The Bertz CT molecular complexity index is 1110. The maximum atomic E-state index is 13.1. The van der Waals surface area contributed by atoms with Gasteiger partial charge in [-0.2, -0.15) is 4.31 Å². The van der Waals surface area contributed by atoms with Crippen LogP contribution in [0.25, 0.3) is 0 Å². The number of benzene rings is 2. The smallest absolute Gasteiger partial charge is 0.332 e. The monoisotopic (exact) mass is 457 g/mol. The van der Waals surface area contributed by atoms with Crippen molar-refractivity contribution in [1.82, 2.24) is 9.21 Å². The molecule has 0 atom stereocenters. The lowest BCUT2D eigenvalue weighted by Gasteiger charge is -2.23. The summed E-state index contributed by atoms with van der Waals surface area (Å²) in [5, 5.41) is 0. The highest BCUT2D eigenvalue weighted by Gasteiger charge is 2.40. The van der Waals surface area contributed by atoms with Gasteiger partial charge < -0.3 is 4.74 Å². The minimum Gasteiger partial charge on any atom is -0.487 e. The molecule has 0 unspecified atom stereocenters. The normalized spacial score (nSPS) is 17.6. The average molecular weight is 458 g/mol. The molecule has 0 bridgehead atoms. The van der Waals surface area contributed by atoms with E-state index in [1.54, 1.807) is 19.9 Å². The van der Waals surface area contributed by atoms with Gasteiger partial charge in [0.25, 0.3) is 5.91 Å². The van der Waals surface area contributed by atoms with Gasteiger partial charge in [-0.3, -0.25) is 14.6 Å². The largest absolute Gasteiger partial charge is 0.487 e. The maximum Gasteiger partial charge on any atom is 0.332 e. The van der Waals surface area contributed by atoms with Crippen molar-refractivity contribution in [1.29, 1.82) is 0 Å². The molecule has 0 radical (unpaired) electrons. The number of imide groups is 1. The lowest BCUT2D eigenvalue weighted by molar-refractivity contribution is -0.125. The SMILES string of the molecule is CC(C)N1C(=O)CN(c2ccc(S(=O)(=O)N3CCCC3)cc2OCc2ccccc2)C1=O. The number of urea groups is 1. The van der Waals surface area contributed by atoms with Crippen molar-refractivity contribution in [3.05, 3.63) is 54.1 Å². The van der Waals surface area contributed by atoms with Crippen LogP contribution >= 0.6 is 0 Å². The van der Waals surface area contributed by atoms with E-state index in [0.29, 0.717) is 18.8 Å². The molecule has 32 heavy (non-hydrogen) atoms. The molecule has 2 fully saturated rings. The van der Waals surface area contributed by atoms with E-state index in [0.717, 1.165) is 18.4 Å². The summed E-state index contributed by atoms with van der Waals surface area (Å²) in [7, 11) is -3.66. The highest BCUT2D eigenvalue weighted by molar-refractivity contribution is 7.89. The fourth-order valence-corrected chi connectivity index (χ4v) is 5.55. The van der Waals surface area contributed by atoms with Gasteiger partial charge in [0, 0.05) is 25.2 Å². The second kappa shape index (κ2) is 8.91. The van der Waals surface area contributed by atoms with E-state index in [-0.39, 0.29) is 35.7 Å². The molecule has 0 spiro atoms. The summed E-state index contributed by atoms with van der Waals surface area (Å²) in [6.07, 6.45) is 1.67. The summed E-state index contributed by atoms with van der Waals surface area (Å²) in [5.74, 6) is -0.0475. The zero-order chi connectivity index (χ0) is 22.9. The van der Waals surface area contributed by atoms with Gasteiger partial charge >= 0.3 is 6.03 Å². The van der Waals surface area contributed by atoms with Crippen LogP contribution in [0.2, 0.25) is 0 Å². The zero-order valence-electron chi connectivity index (χ0n) is 18.2. The Hall–Kier alpha value is -2.91. The minimum absolute atomic E-state index is 0.114. The average Bonchev–Trinajstić information content (AvgIpc) is 3.41. The van der Waals surface area contributed by atoms with Crippen LogP contribution in [-0.2, 0) is 21.4 Å². The lowest BCUT2D eigenvalue weighted by atomic mass is 10.2. The summed E-state index contributed by atoms with van der Waals surface area (Å²) >= 11 is 0. The predicted octanol–water partition coefficient (Wildman–Crippen LogP) is 3.23. The van der Waals surface area contributed by atoms with Gasteiger partial charge in [-0.15, -0.1) is 0 Å². The molecule has 0 N–H and O–H groups in total. The fraction of sp³-hybridized carbons (Fsp3) is 0.391. The molecule has 2 saturated heterocycles. The first-order valence-electron chi connectivity index (χ1n) is 10.7. The lowest BCUT2D eigenvalue weighted by Crippen LogP contribution is -2.38. The number of carbonyl (C=O) groups excluding carboxylic acids is 2. The molecule has 2 heterocycles. The van der Waals surface area contributed by atoms with E-state index in [2.05, 4.69) is 0 Å². The van der Waals surface area contributed by atoms with Gasteiger partial charge in [-0.25, -0.2) is 13.2 Å². The number of amides is 3. The summed E-state index contributed by atoms with van der Waals surface area (Å²) in [6, 6.07) is 13.2. The topological polar surface area (TPSA) is 87.2 Å². The number of hydrogen-bond donors (Lipinski definition) is 0. The molecule has 0 aromatic heterocycles. The number of carbonyl (C=O) groups is 2. The van der Waals surface area contributed by atoms with Crippen LogP contribution in [0, 0.1) is 0 Å². The first-order chi connectivity index (χ1) is 15.3. The molecule has 0 aliphatic carbocycles. The molecule has 2 aliphatic heterocycles. The molecule has 170 valence electrons. The Labute approximate surface area is 188 Å². The van der Waals surface area contributed by atoms with E-state index in [1.807, 2.05) is 30.3 Å². The molecule has 2 aromatic carbocycles. The van der Waals surface area contributed by atoms with Crippen LogP contribution in [0.3, 0.4) is 0 Å². The molecule has 4 rings (SSSR count). The summed E-state index contributed by atoms with van der Waals surface area (Å²) in [6.45, 7) is 4.62. The van der Waals surface area contributed by atoms with E-state index >= 15 is 0 Å². The van der Waals surface area contributed by atoms with Crippen LogP contribution < -0.4 is 9.64 Å². The van der Waals surface area contributed by atoms with Crippen molar-refractivity contribution >= 4 is 27.6 Å². The third-order valence-corrected chi connectivity index (χ3v) is 7.57. The van der Waals surface area contributed by atoms with E-state index in [9.17, 15) is 18.0 Å². The van der Waals surface area contributed by atoms with Crippen LogP contribution in [0.4, 0.5) is 10.5 Å². The molecule has 8 nitrogen and oxygen atoms in total. The van der Waals surface area contributed by atoms with Gasteiger partial charge in [0.05, 0.1) is 10.6 Å². The van der Waals surface area contributed by atoms with Crippen molar-refractivity contribution in [3.8, 4) is 5.75 Å². The quantitative estimate of drug-likeness (QED) is 0.596. The molecule has 2 aliphatic rings. The standard InChI is InChI=1S/C23H27N3O5S/c1-17(2)26-22(27)15-25(23(26)28)20-11-10-19(32(29,30)24-12-6-7-13-24)14-21(20)31-16-18-8-4-3-5-9-18/h3-5,8-11,14,17H,6-7,12-13,15-16H2,1-2H3. The Morgan fingerprint density at radius 2 is 1.69 bits per heavy atom. The Balaban J connectivity index is 1.70. The minimum atomic E-state index is -3.66. The fourth-order valence-electron chi connectivity index (χ4n) is 4.02. The molecule has 3 amide bonds. The zero-order valence-corrected chi connectivity index (χ0v) is 19.0. The molecule has 0 saturated carbocycles. The van der Waals surface area contributed by atoms with E-state index < -0.39 is 16.1 Å². The molecular formula is C23H27N3O5S. The van der Waals surface area contributed by atoms with Crippen molar-refractivity contribution in [2.75, 3.05) is 24.5 Å². The third-order valence-electron chi connectivity index (χ3n) is 5.68. The van der Waals surface area contributed by atoms with Gasteiger partial charge in [0.2, 0.25) is 10.0 Å². The summed E-state index contributed by atoms with van der Waals surface area (Å²) < 4.78 is 33.6. The Morgan fingerprint density at radius 3 is 2.31 bits per heavy atom. The number of nitrogens with zero attached hydrogens (tertiary/aromatic N) is 3. The van der Waals surface area contributed by atoms with Crippen LogP contribution in [0.1, 0.15) is 32.3 Å². The van der Waals surface area contributed by atoms with Crippen LogP contribution in [-0.4, -0.2) is 55.2 Å². The molecular weight excluding hydrogens is 430 g/mol. The van der Waals surface area contributed by atoms with Crippen molar-refractivity contribution < 1.29 is 22.7 Å². The maximum absolute atomic E-state index is 13.1. The second-order valence-electron chi connectivity index (χ2n) is 8.24. The number of hydrogen-bond acceptors (Lipinski definition) is 5. The number of anilines is 1. The summed E-state index contributed by atoms with van der Waals surface area (Å²) in [4.78, 5) is 28.0. The first kappa shape index (κ1) is 22.3. The summed E-state index contributed by atoms with van der Waals surface area (Å²) in [5.41, 5.74) is 1.28. The van der Waals surface area contributed by atoms with Gasteiger partial charge in [0.15, 0.2) is 0 Å². The predicted molar refractivity (Wildman–Crippen MR) is 120 cm³/mol. The van der Waals surface area contributed by atoms with E-state index in [1.165, 1.54) is 26.2 Å². The molecule has 2 aromatic rings. The van der Waals surface area contributed by atoms with Crippen molar-refractivity contribution in [2.24, 2.45) is 0 Å². The number of rotatable bonds is 7. The van der Waals surface area contributed by atoms with Gasteiger partial charge in [0.1, 0.15) is 18.9 Å². The highest BCUT2D eigenvalue weighted by Crippen LogP contribution is 2.36.